The van der Waals surface area contributed by atoms with Crippen molar-refractivity contribution in [2.45, 2.75) is 24.4 Å². The Bertz CT molecular complexity index is 1370. The number of carbonyl (C=O) groups is 2. The molecule has 0 unspecified atom stereocenters. The van der Waals surface area contributed by atoms with E-state index in [0.29, 0.717) is 21.4 Å². The number of hydrogen-bond donors (Lipinski definition) is 1. The number of amides is 2. The van der Waals surface area contributed by atoms with Gasteiger partial charge in [0.2, 0.25) is 11.8 Å². The molecule has 0 aliphatic carbocycles. The highest BCUT2D eigenvalue weighted by Gasteiger charge is 2.32. The van der Waals surface area contributed by atoms with E-state index >= 15 is 0 Å². The number of hydrogen-bond acceptors (Lipinski definition) is 5. The highest BCUT2D eigenvalue weighted by Crippen LogP contribution is 2.27. The van der Waals surface area contributed by atoms with E-state index in [4.69, 9.17) is 27.9 Å². The summed E-state index contributed by atoms with van der Waals surface area (Å²) in [6.07, 6.45) is 0. The zero-order chi connectivity index (χ0) is 27.2. The van der Waals surface area contributed by atoms with Crippen LogP contribution in [-0.4, -0.2) is 51.9 Å². The molecule has 0 heterocycles. The zero-order valence-electron chi connectivity index (χ0n) is 20.5. The molecule has 0 aliphatic rings. The predicted octanol–water partition coefficient (Wildman–Crippen LogP) is 4.36. The summed E-state index contributed by atoms with van der Waals surface area (Å²) in [4.78, 5) is 27.5. The number of carbonyl (C=O) groups excluding carboxylic acids is 2. The summed E-state index contributed by atoms with van der Waals surface area (Å²) in [6.45, 7) is 1.06. The Morgan fingerprint density at radius 3 is 2.27 bits per heavy atom. The Morgan fingerprint density at radius 1 is 0.973 bits per heavy atom. The minimum absolute atomic E-state index is 0.0506. The minimum Gasteiger partial charge on any atom is -0.497 e. The Balaban J connectivity index is 2.03. The molecule has 0 saturated carbocycles. The Kier molecular flexibility index (Phi) is 9.42. The SMILES string of the molecule is CNC(=O)[C@@H](C)N(Cc1cccc(OC)c1)C(=O)CN(c1cccc(Cl)c1)S(=O)(=O)c1ccc(Cl)cc1. The van der Waals surface area contributed by atoms with Crippen molar-refractivity contribution >= 4 is 50.7 Å². The van der Waals surface area contributed by atoms with Crippen molar-refractivity contribution in [2.75, 3.05) is 25.0 Å². The van der Waals surface area contributed by atoms with E-state index in [0.717, 1.165) is 4.31 Å². The number of nitrogens with one attached hydrogen (secondary N) is 1. The molecule has 0 fully saturated rings. The quantitative estimate of drug-likeness (QED) is 0.395. The van der Waals surface area contributed by atoms with Gasteiger partial charge in [-0.2, -0.15) is 0 Å². The van der Waals surface area contributed by atoms with Gasteiger partial charge in [0.1, 0.15) is 18.3 Å². The molecule has 3 aromatic rings. The van der Waals surface area contributed by atoms with Crippen LogP contribution in [0.2, 0.25) is 10.0 Å². The lowest BCUT2D eigenvalue weighted by atomic mass is 10.1. The smallest absolute Gasteiger partial charge is 0.264 e. The molecule has 0 radical (unpaired) electrons. The number of halogens is 2. The van der Waals surface area contributed by atoms with Crippen LogP contribution in [-0.2, 0) is 26.2 Å². The van der Waals surface area contributed by atoms with Crippen molar-refractivity contribution in [3.05, 3.63) is 88.4 Å². The zero-order valence-corrected chi connectivity index (χ0v) is 22.8. The lowest BCUT2D eigenvalue weighted by Gasteiger charge is -2.31. The van der Waals surface area contributed by atoms with Crippen molar-refractivity contribution in [3.63, 3.8) is 0 Å². The van der Waals surface area contributed by atoms with Crippen molar-refractivity contribution in [3.8, 4) is 5.75 Å². The van der Waals surface area contributed by atoms with E-state index < -0.39 is 34.4 Å². The fourth-order valence-corrected chi connectivity index (χ4v) is 5.37. The summed E-state index contributed by atoms with van der Waals surface area (Å²) in [7, 11) is -1.21. The molecule has 3 rings (SSSR count). The van der Waals surface area contributed by atoms with E-state index in [2.05, 4.69) is 5.32 Å². The van der Waals surface area contributed by atoms with Gasteiger partial charge < -0.3 is 15.0 Å². The third kappa shape index (κ3) is 6.94. The van der Waals surface area contributed by atoms with Crippen LogP contribution in [0.4, 0.5) is 5.69 Å². The Labute approximate surface area is 226 Å². The normalized spacial score (nSPS) is 11.9. The maximum absolute atomic E-state index is 13.7. The molecule has 0 spiro atoms. The maximum Gasteiger partial charge on any atom is 0.264 e. The molecule has 8 nitrogen and oxygen atoms in total. The van der Waals surface area contributed by atoms with Gasteiger partial charge in [0.15, 0.2) is 0 Å². The highest BCUT2D eigenvalue weighted by molar-refractivity contribution is 7.92. The Morgan fingerprint density at radius 2 is 1.65 bits per heavy atom. The molecule has 3 aromatic carbocycles. The third-order valence-corrected chi connectivity index (χ3v) is 7.95. The minimum atomic E-state index is -4.20. The van der Waals surface area contributed by atoms with Gasteiger partial charge in [-0.3, -0.25) is 13.9 Å². The second-order valence-corrected chi connectivity index (χ2v) is 10.8. The average molecular weight is 564 g/mol. The first-order valence-electron chi connectivity index (χ1n) is 11.2. The molecule has 37 heavy (non-hydrogen) atoms. The van der Waals surface area contributed by atoms with Gasteiger partial charge in [-0.1, -0.05) is 41.4 Å². The second kappa shape index (κ2) is 12.3. The highest BCUT2D eigenvalue weighted by atomic mass is 35.5. The van der Waals surface area contributed by atoms with Crippen LogP contribution < -0.4 is 14.4 Å². The number of anilines is 1. The number of ether oxygens (including phenoxy) is 1. The summed E-state index contributed by atoms with van der Waals surface area (Å²) >= 11 is 12.1. The van der Waals surface area contributed by atoms with E-state index in [1.165, 1.54) is 49.4 Å². The van der Waals surface area contributed by atoms with Gasteiger partial charge in [0.05, 0.1) is 17.7 Å². The largest absolute Gasteiger partial charge is 0.497 e. The molecule has 2 amide bonds. The van der Waals surface area contributed by atoms with Crippen LogP contribution in [0.5, 0.6) is 5.75 Å². The molecule has 0 aromatic heterocycles. The number of sulfonamides is 1. The molecule has 11 heteroatoms. The first kappa shape index (κ1) is 28.3. The summed E-state index contributed by atoms with van der Waals surface area (Å²) in [5.74, 6) is -0.397. The van der Waals surface area contributed by atoms with Crippen LogP contribution in [0.1, 0.15) is 12.5 Å². The summed E-state index contributed by atoms with van der Waals surface area (Å²) < 4.78 is 33.6. The number of nitrogens with zero attached hydrogens (tertiary/aromatic N) is 2. The van der Waals surface area contributed by atoms with Crippen LogP contribution in [0.25, 0.3) is 0 Å². The molecule has 196 valence electrons. The fraction of sp³-hybridized carbons (Fsp3) is 0.231. The second-order valence-electron chi connectivity index (χ2n) is 8.11. The van der Waals surface area contributed by atoms with Gasteiger partial charge in [-0.05, 0) is 67.1 Å². The van der Waals surface area contributed by atoms with Crippen molar-refractivity contribution in [2.24, 2.45) is 0 Å². The van der Waals surface area contributed by atoms with Crippen LogP contribution in [0.3, 0.4) is 0 Å². The lowest BCUT2D eigenvalue weighted by Crippen LogP contribution is -2.50. The summed E-state index contributed by atoms with van der Waals surface area (Å²) in [6, 6.07) is 18.0. The molecular weight excluding hydrogens is 537 g/mol. The van der Waals surface area contributed by atoms with E-state index in [9.17, 15) is 18.0 Å². The van der Waals surface area contributed by atoms with Gasteiger partial charge in [-0.15, -0.1) is 0 Å². The standard InChI is InChI=1S/C26H27Cl2N3O5S/c1-18(26(33)29-2)30(16-19-6-4-9-23(14-19)36-3)25(32)17-31(22-8-5-7-21(28)15-22)37(34,35)24-12-10-20(27)11-13-24/h4-15,18H,16-17H2,1-3H3,(H,29,33)/t18-/m1/s1. The van der Waals surface area contributed by atoms with E-state index in [-0.39, 0.29) is 17.1 Å². The first-order valence-corrected chi connectivity index (χ1v) is 13.4. The number of rotatable bonds is 10. The van der Waals surface area contributed by atoms with Gasteiger partial charge in [0.25, 0.3) is 10.0 Å². The molecule has 0 aliphatic heterocycles. The average Bonchev–Trinajstić information content (AvgIpc) is 2.89. The molecule has 0 bridgehead atoms. The predicted molar refractivity (Wildman–Crippen MR) is 145 cm³/mol. The molecule has 1 N–H and O–H groups in total. The van der Waals surface area contributed by atoms with Gasteiger partial charge >= 0.3 is 0 Å². The van der Waals surface area contributed by atoms with Crippen molar-refractivity contribution in [1.29, 1.82) is 0 Å². The third-order valence-electron chi connectivity index (χ3n) is 5.68. The van der Waals surface area contributed by atoms with Crippen molar-refractivity contribution in [1.82, 2.24) is 10.2 Å². The molecule has 1 atom stereocenters. The number of likely N-dealkylation sites (N-methyl/N-ethyl adjacent to an activating group) is 1. The fourth-order valence-electron chi connectivity index (χ4n) is 3.65. The van der Waals surface area contributed by atoms with E-state index in [1.54, 1.807) is 49.4 Å². The van der Waals surface area contributed by atoms with Crippen molar-refractivity contribution < 1.29 is 22.7 Å². The van der Waals surface area contributed by atoms with Gasteiger partial charge in [-0.25, -0.2) is 8.42 Å². The number of methoxy groups -OCH3 is 1. The summed E-state index contributed by atoms with van der Waals surface area (Å²) in [5, 5.41) is 3.21. The lowest BCUT2D eigenvalue weighted by molar-refractivity contribution is -0.139. The molecular formula is C26H27Cl2N3O5S. The topological polar surface area (TPSA) is 96.0 Å². The number of benzene rings is 3. The Hall–Kier alpha value is -3.27. The van der Waals surface area contributed by atoms with Crippen LogP contribution >= 0.6 is 23.2 Å². The van der Waals surface area contributed by atoms with E-state index in [1.807, 2.05) is 0 Å². The summed E-state index contributed by atoms with van der Waals surface area (Å²) in [5.41, 5.74) is 0.906. The first-order chi connectivity index (χ1) is 17.6. The van der Waals surface area contributed by atoms with Crippen LogP contribution in [0.15, 0.2) is 77.7 Å². The van der Waals surface area contributed by atoms with Crippen LogP contribution in [0, 0.1) is 0 Å². The maximum atomic E-state index is 13.7. The monoisotopic (exact) mass is 563 g/mol. The molecule has 0 saturated heterocycles. The van der Waals surface area contributed by atoms with Gasteiger partial charge in [0, 0.05) is 23.6 Å².